The third-order valence-corrected chi connectivity index (χ3v) is 4.85. The van der Waals surface area contributed by atoms with Gasteiger partial charge < -0.3 is 11.1 Å². The maximum atomic E-state index is 12.0. The lowest BCUT2D eigenvalue weighted by atomic mass is 10.1. The van der Waals surface area contributed by atoms with E-state index in [2.05, 4.69) is 11.6 Å². The summed E-state index contributed by atoms with van der Waals surface area (Å²) in [6.45, 7) is 2.63. The molecule has 0 atom stereocenters. The number of amides is 1. The van der Waals surface area contributed by atoms with E-state index in [1.807, 2.05) is 36.9 Å². The minimum atomic E-state index is -0.0184. The van der Waals surface area contributed by atoms with Crippen molar-refractivity contribution in [2.75, 3.05) is 18.5 Å². The van der Waals surface area contributed by atoms with Crippen LogP contribution < -0.4 is 11.1 Å². The number of carbonyl (C=O) groups is 1. The van der Waals surface area contributed by atoms with Gasteiger partial charge in [0.2, 0.25) is 0 Å². The van der Waals surface area contributed by atoms with Crippen LogP contribution in [-0.4, -0.2) is 23.5 Å². The molecule has 0 radical (unpaired) electrons. The van der Waals surface area contributed by atoms with Crippen molar-refractivity contribution in [1.82, 2.24) is 5.32 Å². The van der Waals surface area contributed by atoms with Crippen LogP contribution in [0.5, 0.6) is 0 Å². The molecular weight excluding hydrogens is 232 g/mol. The molecule has 0 unspecified atom stereocenters. The Kier molecular flexibility index (Phi) is 3.33. The highest BCUT2D eigenvalue weighted by atomic mass is 32.2. The first-order valence-corrected chi connectivity index (χ1v) is 6.99. The van der Waals surface area contributed by atoms with Crippen LogP contribution in [-0.2, 0) is 0 Å². The molecule has 1 aliphatic carbocycles. The number of benzene rings is 1. The number of rotatable bonds is 4. The van der Waals surface area contributed by atoms with Crippen molar-refractivity contribution >= 4 is 23.4 Å². The molecule has 3 N–H and O–H groups in total. The van der Waals surface area contributed by atoms with Gasteiger partial charge in [0.05, 0.1) is 0 Å². The Morgan fingerprint density at radius 1 is 1.53 bits per heavy atom. The molecule has 1 aromatic carbocycles. The van der Waals surface area contributed by atoms with Crippen LogP contribution >= 0.6 is 11.8 Å². The summed E-state index contributed by atoms with van der Waals surface area (Å²) in [6, 6.07) is 5.45. The van der Waals surface area contributed by atoms with Crippen LogP contribution in [0.4, 0.5) is 5.69 Å². The maximum Gasteiger partial charge on any atom is 0.251 e. The third kappa shape index (κ3) is 2.57. The topological polar surface area (TPSA) is 55.1 Å². The van der Waals surface area contributed by atoms with Gasteiger partial charge in [-0.3, -0.25) is 4.79 Å². The Balaban J connectivity index is 2.02. The zero-order chi connectivity index (χ0) is 12.5. The van der Waals surface area contributed by atoms with Crippen LogP contribution in [0, 0.1) is 6.92 Å². The molecule has 0 saturated heterocycles. The van der Waals surface area contributed by atoms with Crippen molar-refractivity contribution in [3.05, 3.63) is 29.3 Å². The number of nitrogen functional groups attached to an aromatic ring is 1. The molecular formula is C13H18N2OS. The SMILES string of the molecule is CSC1(CNC(=O)c2cccc(N)c2C)CC1. The Morgan fingerprint density at radius 2 is 2.24 bits per heavy atom. The summed E-state index contributed by atoms with van der Waals surface area (Å²) in [5.74, 6) is -0.0184. The number of nitrogens with one attached hydrogen (secondary N) is 1. The van der Waals surface area contributed by atoms with E-state index in [9.17, 15) is 4.79 Å². The zero-order valence-electron chi connectivity index (χ0n) is 10.2. The normalized spacial score (nSPS) is 16.6. The number of hydrogen-bond donors (Lipinski definition) is 2. The van der Waals surface area contributed by atoms with E-state index in [4.69, 9.17) is 5.73 Å². The molecule has 0 aliphatic heterocycles. The molecule has 3 nitrogen and oxygen atoms in total. The second-order valence-corrected chi connectivity index (χ2v) is 5.86. The minimum absolute atomic E-state index is 0.0184. The lowest BCUT2D eigenvalue weighted by molar-refractivity contribution is 0.0952. The Hall–Kier alpha value is -1.16. The minimum Gasteiger partial charge on any atom is -0.398 e. The molecule has 1 saturated carbocycles. The van der Waals surface area contributed by atoms with Gasteiger partial charge in [0, 0.05) is 22.5 Å². The average molecular weight is 250 g/mol. The number of nitrogens with two attached hydrogens (primary N) is 1. The van der Waals surface area contributed by atoms with Gasteiger partial charge in [-0.15, -0.1) is 0 Å². The standard InChI is InChI=1S/C13H18N2OS/c1-9-10(4-3-5-11(9)14)12(16)15-8-13(17-2)6-7-13/h3-5H,6-8,14H2,1-2H3,(H,15,16). The molecule has 1 amide bonds. The summed E-state index contributed by atoms with van der Waals surface area (Å²) in [4.78, 5) is 12.0. The predicted molar refractivity (Wildman–Crippen MR) is 73.4 cm³/mol. The fourth-order valence-corrected chi connectivity index (χ4v) is 2.56. The molecule has 17 heavy (non-hydrogen) atoms. The smallest absolute Gasteiger partial charge is 0.251 e. The van der Waals surface area contributed by atoms with Gasteiger partial charge in [-0.25, -0.2) is 0 Å². The molecule has 0 spiro atoms. The summed E-state index contributed by atoms with van der Waals surface area (Å²) < 4.78 is 0.296. The lowest BCUT2D eigenvalue weighted by Gasteiger charge is -2.14. The van der Waals surface area contributed by atoms with Crippen molar-refractivity contribution < 1.29 is 4.79 Å². The number of anilines is 1. The molecule has 1 aromatic rings. The highest BCUT2D eigenvalue weighted by molar-refractivity contribution is 8.00. The van der Waals surface area contributed by atoms with E-state index in [0.717, 1.165) is 12.1 Å². The van der Waals surface area contributed by atoms with Crippen molar-refractivity contribution in [2.24, 2.45) is 0 Å². The van der Waals surface area contributed by atoms with Gasteiger partial charge in [-0.05, 0) is 43.7 Å². The van der Waals surface area contributed by atoms with E-state index in [1.54, 1.807) is 0 Å². The molecule has 2 rings (SSSR count). The Labute approximate surface area is 106 Å². The summed E-state index contributed by atoms with van der Waals surface area (Å²) in [6.07, 6.45) is 4.50. The van der Waals surface area contributed by atoms with E-state index >= 15 is 0 Å². The fourth-order valence-electron chi connectivity index (χ4n) is 1.83. The molecule has 0 bridgehead atoms. The van der Waals surface area contributed by atoms with E-state index in [-0.39, 0.29) is 5.91 Å². The van der Waals surface area contributed by atoms with Crippen molar-refractivity contribution in [3.63, 3.8) is 0 Å². The first kappa shape index (κ1) is 12.3. The highest BCUT2D eigenvalue weighted by Gasteiger charge is 2.41. The number of hydrogen-bond acceptors (Lipinski definition) is 3. The monoisotopic (exact) mass is 250 g/mol. The average Bonchev–Trinajstić information content (AvgIpc) is 3.10. The number of carbonyl (C=O) groups excluding carboxylic acids is 1. The van der Waals surface area contributed by atoms with Gasteiger partial charge in [0.1, 0.15) is 0 Å². The first-order chi connectivity index (χ1) is 8.08. The zero-order valence-corrected chi connectivity index (χ0v) is 11.1. The molecule has 4 heteroatoms. The molecule has 0 aromatic heterocycles. The lowest BCUT2D eigenvalue weighted by Crippen LogP contribution is -2.32. The molecule has 0 heterocycles. The van der Waals surface area contributed by atoms with Crippen LogP contribution in [0.2, 0.25) is 0 Å². The van der Waals surface area contributed by atoms with E-state index in [0.29, 0.717) is 16.0 Å². The Bertz CT molecular complexity index is 441. The Morgan fingerprint density at radius 3 is 2.82 bits per heavy atom. The fraction of sp³-hybridized carbons (Fsp3) is 0.462. The number of thioether (sulfide) groups is 1. The summed E-state index contributed by atoms with van der Waals surface area (Å²) in [5, 5.41) is 3.01. The van der Waals surface area contributed by atoms with Gasteiger partial charge in [0.25, 0.3) is 5.91 Å². The van der Waals surface area contributed by atoms with Gasteiger partial charge in [0.15, 0.2) is 0 Å². The van der Waals surface area contributed by atoms with Crippen molar-refractivity contribution in [2.45, 2.75) is 24.5 Å². The van der Waals surface area contributed by atoms with Gasteiger partial charge in [-0.1, -0.05) is 6.07 Å². The quantitative estimate of drug-likeness (QED) is 0.806. The van der Waals surface area contributed by atoms with Gasteiger partial charge in [-0.2, -0.15) is 11.8 Å². The molecule has 1 fully saturated rings. The van der Waals surface area contributed by atoms with Crippen molar-refractivity contribution in [3.8, 4) is 0 Å². The van der Waals surface area contributed by atoms with Gasteiger partial charge >= 0.3 is 0 Å². The van der Waals surface area contributed by atoms with Crippen molar-refractivity contribution in [1.29, 1.82) is 0 Å². The molecule has 1 aliphatic rings. The maximum absolute atomic E-state index is 12.0. The highest BCUT2D eigenvalue weighted by Crippen LogP contribution is 2.46. The first-order valence-electron chi connectivity index (χ1n) is 5.76. The predicted octanol–water partition coefficient (Wildman–Crippen LogP) is 2.20. The second-order valence-electron chi connectivity index (χ2n) is 4.59. The van der Waals surface area contributed by atoms with Crippen LogP contribution in [0.15, 0.2) is 18.2 Å². The van der Waals surface area contributed by atoms with E-state index in [1.165, 1.54) is 12.8 Å². The van der Waals surface area contributed by atoms with E-state index < -0.39 is 0 Å². The summed E-state index contributed by atoms with van der Waals surface area (Å²) >= 11 is 1.84. The summed E-state index contributed by atoms with van der Waals surface area (Å²) in [7, 11) is 0. The largest absolute Gasteiger partial charge is 0.398 e. The second kappa shape index (κ2) is 4.61. The van der Waals surface area contributed by atoms with Crippen LogP contribution in [0.25, 0.3) is 0 Å². The third-order valence-electron chi connectivity index (χ3n) is 3.43. The molecule has 92 valence electrons. The summed E-state index contributed by atoms with van der Waals surface area (Å²) in [5.41, 5.74) is 8.01. The van der Waals surface area contributed by atoms with Crippen LogP contribution in [0.3, 0.4) is 0 Å². The van der Waals surface area contributed by atoms with Crippen LogP contribution in [0.1, 0.15) is 28.8 Å².